The Morgan fingerprint density at radius 3 is 2.50 bits per heavy atom. The number of aryl methyl sites for hydroxylation is 2. The van der Waals surface area contributed by atoms with E-state index in [0.717, 1.165) is 26.9 Å². The summed E-state index contributed by atoms with van der Waals surface area (Å²) in [7, 11) is 0. The molecule has 0 radical (unpaired) electrons. The van der Waals surface area contributed by atoms with Crippen LogP contribution in [0.25, 0.3) is 26.9 Å². The van der Waals surface area contributed by atoms with Crippen LogP contribution in [0.15, 0.2) is 42.7 Å². The van der Waals surface area contributed by atoms with Crippen molar-refractivity contribution in [2.45, 2.75) is 13.8 Å². The van der Waals surface area contributed by atoms with Gasteiger partial charge >= 0.3 is 0 Å². The van der Waals surface area contributed by atoms with Crippen molar-refractivity contribution in [3.05, 3.63) is 53.9 Å². The van der Waals surface area contributed by atoms with Crippen molar-refractivity contribution in [3.63, 3.8) is 0 Å². The molecule has 0 bridgehead atoms. The van der Waals surface area contributed by atoms with Gasteiger partial charge in [-0.25, -0.2) is 0 Å². The molecule has 1 aromatic carbocycles. The molecule has 4 aromatic rings. The molecule has 0 N–H and O–H groups in total. The molecule has 22 heavy (non-hydrogen) atoms. The van der Waals surface area contributed by atoms with E-state index in [-0.39, 0.29) is 0 Å². The number of hydrogen-bond acceptors (Lipinski definition) is 5. The van der Waals surface area contributed by atoms with Crippen molar-refractivity contribution in [1.29, 1.82) is 0 Å². The maximum atomic E-state index is 4.68. The highest BCUT2D eigenvalue weighted by molar-refractivity contribution is 7.19. The highest BCUT2D eigenvalue weighted by Crippen LogP contribution is 2.28. The van der Waals surface area contributed by atoms with Crippen LogP contribution in [0.3, 0.4) is 0 Å². The Morgan fingerprint density at radius 1 is 0.909 bits per heavy atom. The van der Waals surface area contributed by atoms with Crippen LogP contribution in [0.4, 0.5) is 0 Å². The van der Waals surface area contributed by atoms with E-state index < -0.39 is 0 Å². The van der Waals surface area contributed by atoms with E-state index in [1.54, 1.807) is 28.2 Å². The minimum Gasteiger partial charge on any atom is -0.265 e. The van der Waals surface area contributed by atoms with Gasteiger partial charge in [0.05, 0.1) is 0 Å². The lowest BCUT2D eigenvalue weighted by molar-refractivity contribution is 0.969. The first-order chi connectivity index (χ1) is 10.7. The second-order valence-electron chi connectivity index (χ2n) is 5.16. The van der Waals surface area contributed by atoms with E-state index in [4.69, 9.17) is 0 Å². The number of aromatic nitrogens is 5. The van der Waals surface area contributed by atoms with Crippen LogP contribution >= 0.6 is 11.3 Å². The van der Waals surface area contributed by atoms with Gasteiger partial charge in [-0.05, 0) is 43.2 Å². The topological polar surface area (TPSA) is 56.0 Å². The van der Waals surface area contributed by atoms with Crippen molar-refractivity contribution in [1.82, 2.24) is 24.8 Å². The average Bonchev–Trinajstić information content (AvgIpc) is 3.11. The minimum absolute atomic E-state index is 0.740. The molecule has 5 nitrogen and oxygen atoms in total. The van der Waals surface area contributed by atoms with Gasteiger partial charge in [-0.1, -0.05) is 23.5 Å². The summed E-state index contributed by atoms with van der Waals surface area (Å²) in [6.45, 7) is 4.22. The smallest absolute Gasteiger partial charge is 0.235 e. The molecule has 0 fully saturated rings. The largest absolute Gasteiger partial charge is 0.265 e. The fraction of sp³-hybridized carbons (Fsp3) is 0.125. The quantitative estimate of drug-likeness (QED) is 0.568. The molecule has 0 saturated carbocycles. The number of rotatable bonds is 2. The Balaban J connectivity index is 1.85. The minimum atomic E-state index is 0.740. The Kier molecular flexibility index (Phi) is 2.97. The fourth-order valence-electron chi connectivity index (χ4n) is 2.29. The molecular formula is C16H13N5S. The van der Waals surface area contributed by atoms with Crippen LogP contribution in [-0.4, -0.2) is 24.8 Å². The van der Waals surface area contributed by atoms with Gasteiger partial charge in [0.2, 0.25) is 4.96 Å². The number of fused-ring (bicyclic) bond motifs is 1. The fourth-order valence-corrected chi connectivity index (χ4v) is 3.12. The van der Waals surface area contributed by atoms with Gasteiger partial charge < -0.3 is 0 Å². The lowest BCUT2D eigenvalue weighted by Gasteiger charge is -2.01. The third kappa shape index (κ3) is 2.08. The lowest BCUT2D eigenvalue weighted by atomic mass is 10.1. The van der Waals surface area contributed by atoms with Crippen molar-refractivity contribution < 1.29 is 0 Å². The highest BCUT2D eigenvalue weighted by atomic mass is 32.1. The first-order valence-electron chi connectivity index (χ1n) is 6.92. The molecule has 0 aliphatic heterocycles. The van der Waals surface area contributed by atoms with Gasteiger partial charge in [0.15, 0.2) is 5.82 Å². The summed E-state index contributed by atoms with van der Waals surface area (Å²) < 4.78 is 1.80. The van der Waals surface area contributed by atoms with E-state index in [1.165, 1.54) is 11.1 Å². The molecule has 0 spiro atoms. The van der Waals surface area contributed by atoms with Gasteiger partial charge in [0.1, 0.15) is 5.01 Å². The van der Waals surface area contributed by atoms with Crippen LogP contribution in [0, 0.1) is 13.8 Å². The summed E-state index contributed by atoms with van der Waals surface area (Å²) in [5.41, 5.74) is 4.61. The number of benzene rings is 1. The van der Waals surface area contributed by atoms with Crippen molar-refractivity contribution in [2.75, 3.05) is 0 Å². The molecule has 4 rings (SSSR count). The number of pyridine rings is 1. The first-order valence-corrected chi connectivity index (χ1v) is 7.74. The summed E-state index contributed by atoms with van der Waals surface area (Å²) in [5.74, 6) is 0.740. The molecule has 0 unspecified atom stereocenters. The molecule has 6 heteroatoms. The van der Waals surface area contributed by atoms with Gasteiger partial charge in [-0.2, -0.15) is 9.61 Å². The summed E-state index contributed by atoms with van der Waals surface area (Å²) in [5, 5.41) is 14.1. The molecular weight excluding hydrogens is 294 g/mol. The maximum absolute atomic E-state index is 4.68. The number of nitrogens with zero attached hydrogens (tertiary/aromatic N) is 5. The molecule has 108 valence electrons. The standard InChI is InChI=1S/C16H13N5S/c1-10-3-4-13(9-11(10)2)15-20-21-14(18-19-16(21)22-15)12-5-7-17-8-6-12/h3-9H,1-2H3. The molecule has 3 heterocycles. The van der Waals surface area contributed by atoms with Crippen molar-refractivity contribution in [3.8, 4) is 22.0 Å². The summed E-state index contributed by atoms with van der Waals surface area (Å²) >= 11 is 1.54. The normalized spacial score (nSPS) is 11.2. The van der Waals surface area contributed by atoms with Crippen LogP contribution in [0.5, 0.6) is 0 Å². The van der Waals surface area contributed by atoms with Crippen molar-refractivity contribution >= 4 is 16.3 Å². The Hall–Kier alpha value is -2.60. The Labute approximate surface area is 131 Å². The monoisotopic (exact) mass is 307 g/mol. The predicted molar refractivity (Wildman–Crippen MR) is 86.8 cm³/mol. The Bertz CT molecular complexity index is 955. The zero-order valence-electron chi connectivity index (χ0n) is 12.2. The van der Waals surface area contributed by atoms with Crippen LogP contribution < -0.4 is 0 Å². The second-order valence-corrected chi connectivity index (χ2v) is 6.12. The van der Waals surface area contributed by atoms with Crippen LogP contribution in [0.2, 0.25) is 0 Å². The van der Waals surface area contributed by atoms with Crippen molar-refractivity contribution in [2.24, 2.45) is 0 Å². The van der Waals surface area contributed by atoms with E-state index in [0.29, 0.717) is 0 Å². The molecule has 3 aromatic heterocycles. The maximum Gasteiger partial charge on any atom is 0.235 e. The highest BCUT2D eigenvalue weighted by Gasteiger charge is 2.14. The van der Waals surface area contributed by atoms with E-state index in [9.17, 15) is 0 Å². The SMILES string of the molecule is Cc1ccc(-c2nn3c(-c4ccncc4)nnc3s2)cc1C. The number of hydrogen-bond donors (Lipinski definition) is 0. The van der Waals surface area contributed by atoms with E-state index >= 15 is 0 Å². The average molecular weight is 307 g/mol. The van der Waals surface area contributed by atoms with Crippen LogP contribution in [0.1, 0.15) is 11.1 Å². The molecule has 0 saturated heterocycles. The van der Waals surface area contributed by atoms with Crippen LogP contribution in [-0.2, 0) is 0 Å². The predicted octanol–water partition coefficient (Wildman–Crippen LogP) is 3.53. The summed E-state index contributed by atoms with van der Waals surface area (Å²) in [6, 6.07) is 10.2. The third-order valence-electron chi connectivity index (χ3n) is 3.68. The third-order valence-corrected chi connectivity index (χ3v) is 4.63. The van der Waals surface area contributed by atoms with Gasteiger partial charge in [0.25, 0.3) is 0 Å². The van der Waals surface area contributed by atoms with E-state index in [2.05, 4.69) is 52.3 Å². The van der Waals surface area contributed by atoms with Gasteiger partial charge in [0, 0.05) is 23.5 Å². The molecule has 0 aliphatic carbocycles. The molecule has 0 aliphatic rings. The lowest BCUT2D eigenvalue weighted by Crippen LogP contribution is -1.91. The van der Waals surface area contributed by atoms with Gasteiger partial charge in [-0.3, -0.25) is 4.98 Å². The summed E-state index contributed by atoms with van der Waals surface area (Å²) in [6.07, 6.45) is 3.49. The van der Waals surface area contributed by atoms with Gasteiger partial charge in [-0.15, -0.1) is 10.2 Å². The van der Waals surface area contributed by atoms with E-state index in [1.807, 2.05) is 12.1 Å². The molecule has 0 atom stereocenters. The summed E-state index contributed by atoms with van der Waals surface area (Å²) in [4.78, 5) is 4.82. The Morgan fingerprint density at radius 2 is 1.73 bits per heavy atom. The zero-order chi connectivity index (χ0) is 15.1. The molecule has 0 amide bonds. The second kappa shape index (κ2) is 4.99. The first kappa shape index (κ1) is 13.1. The zero-order valence-corrected chi connectivity index (χ0v) is 13.0.